The molecule has 1 aliphatic rings. The minimum Gasteiger partial charge on any atom is -0.378 e. The van der Waals surface area contributed by atoms with Crippen LogP contribution in [0.3, 0.4) is 0 Å². The highest BCUT2D eigenvalue weighted by atomic mass is 32.2. The van der Waals surface area contributed by atoms with E-state index >= 15 is 0 Å². The molecule has 1 saturated carbocycles. The molecule has 1 aliphatic carbocycles. The molecule has 0 radical (unpaired) electrons. The Bertz CT molecular complexity index is 533. The molecule has 1 N–H and O–H groups in total. The van der Waals surface area contributed by atoms with Crippen molar-refractivity contribution in [3.8, 4) is 0 Å². The van der Waals surface area contributed by atoms with Gasteiger partial charge in [0.2, 0.25) is 0 Å². The Labute approximate surface area is 121 Å². The molecule has 0 aliphatic heterocycles. The average Bonchev–Trinajstić information content (AvgIpc) is 2.35. The maximum absolute atomic E-state index is 11.4. The van der Waals surface area contributed by atoms with E-state index in [1.807, 2.05) is 19.1 Å². The largest absolute Gasteiger partial charge is 0.378 e. The SMILES string of the molecule is CCOC1CC(NC(C)c2ccc(S(C)(=O)=O)cc2)C1. The fourth-order valence-corrected chi connectivity index (χ4v) is 3.16. The lowest BCUT2D eigenvalue weighted by Crippen LogP contribution is -2.46. The summed E-state index contributed by atoms with van der Waals surface area (Å²) in [4.78, 5) is 0.369. The molecular weight excluding hydrogens is 274 g/mol. The van der Waals surface area contributed by atoms with Crippen LogP contribution in [0.4, 0.5) is 0 Å². The van der Waals surface area contributed by atoms with Crippen LogP contribution in [-0.2, 0) is 14.6 Å². The van der Waals surface area contributed by atoms with E-state index in [1.165, 1.54) is 6.26 Å². The molecule has 0 bridgehead atoms. The molecular formula is C15H23NO3S. The monoisotopic (exact) mass is 297 g/mol. The van der Waals surface area contributed by atoms with Crippen molar-refractivity contribution < 1.29 is 13.2 Å². The van der Waals surface area contributed by atoms with E-state index in [0.717, 1.165) is 25.0 Å². The number of nitrogens with one attached hydrogen (secondary N) is 1. The second-order valence-corrected chi connectivity index (χ2v) is 7.49. The van der Waals surface area contributed by atoms with E-state index in [2.05, 4.69) is 12.2 Å². The molecule has 1 aromatic carbocycles. The van der Waals surface area contributed by atoms with Crippen molar-refractivity contribution in [3.63, 3.8) is 0 Å². The van der Waals surface area contributed by atoms with Gasteiger partial charge in [0.15, 0.2) is 9.84 Å². The van der Waals surface area contributed by atoms with Gasteiger partial charge in [0.1, 0.15) is 0 Å². The molecule has 0 amide bonds. The molecule has 2 rings (SSSR count). The fourth-order valence-electron chi connectivity index (χ4n) is 2.53. The van der Waals surface area contributed by atoms with Crippen molar-refractivity contribution in [2.75, 3.05) is 12.9 Å². The van der Waals surface area contributed by atoms with Crippen molar-refractivity contribution in [2.45, 2.75) is 49.8 Å². The maximum atomic E-state index is 11.4. The first-order valence-electron chi connectivity index (χ1n) is 7.07. The molecule has 0 saturated heterocycles. The lowest BCUT2D eigenvalue weighted by atomic mass is 9.88. The van der Waals surface area contributed by atoms with Gasteiger partial charge in [-0.25, -0.2) is 8.42 Å². The van der Waals surface area contributed by atoms with E-state index in [9.17, 15) is 8.42 Å². The van der Waals surface area contributed by atoms with Gasteiger partial charge in [-0.1, -0.05) is 12.1 Å². The molecule has 1 atom stereocenters. The molecule has 1 fully saturated rings. The third-order valence-corrected chi connectivity index (χ3v) is 4.92. The quantitative estimate of drug-likeness (QED) is 0.875. The van der Waals surface area contributed by atoms with Crippen molar-refractivity contribution >= 4 is 9.84 Å². The molecule has 4 nitrogen and oxygen atoms in total. The van der Waals surface area contributed by atoms with Crippen LogP contribution in [0.25, 0.3) is 0 Å². The lowest BCUT2D eigenvalue weighted by molar-refractivity contribution is -0.0120. The second kappa shape index (κ2) is 6.24. The van der Waals surface area contributed by atoms with Gasteiger partial charge in [0.05, 0.1) is 11.0 Å². The number of rotatable bonds is 6. The van der Waals surface area contributed by atoms with Crippen LogP contribution in [0.5, 0.6) is 0 Å². The van der Waals surface area contributed by atoms with E-state index in [0.29, 0.717) is 17.0 Å². The first-order valence-corrected chi connectivity index (χ1v) is 8.97. The van der Waals surface area contributed by atoms with Gasteiger partial charge in [-0.3, -0.25) is 0 Å². The van der Waals surface area contributed by atoms with Crippen LogP contribution in [0.1, 0.15) is 38.3 Å². The Kier molecular flexibility index (Phi) is 4.83. The number of hydrogen-bond acceptors (Lipinski definition) is 4. The van der Waals surface area contributed by atoms with E-state index in [-0.39, 0.29) is 6.04 Å². The number of sulfone groups is 1. The molecule has 1 aromatic rings. The predicted octanol–water partition coefficient (Wildman–Crippen LogP) is 2.31. The van der Waals surface area contributed by atoms with E-state index in [4.69, 9.17) is 4.74 Å². The lowest BCUT2D eigenvalue weighted by Gasteiger charge is -2.37. The summed E-state index contributed by atoms with van der Waals surface area (Å²) in [6, 6.07) is 7.82. The van der Waals surface area contributed by atoms with Crippen LogP contribution in [-0.4, -0.2) is 33.4 Å². The maximum Gasteiger partial charge on any atom is 0.175 e. The van der Waals surface area contributed by atoms with E-state index in [1.54, 1.807) is 12.1 Å². The Balaban J connectivity index is 1.89. The minimum atomic E-state index is -3.11. The summed E-state index contributed by atoms with van der Waals surface area (Å²) in [5.74, 6) is 0. The Hall–Kier alpha value is -0.910. The summed E-state index contributed by atoms with van der Waals surface area (Å²) in [7, 11) is -3.11. The Morgan fingerprint density at radius 2 is 1.90 bits per heavy atom. The highest BCUT2D eigenvalue weighted by Gasteiger charge is 2.30. The van der Waals surface area contributed by atoms with Crippen LogP contribution in [0.2, 0.25) is 0 Å². The third-order valence-electron chi connectivity index (χ3n) is 3.79. The van der Waals surface area contributed by atoms with Crippen LogP contribution in [0, 0.1) is 0 Å². The summed E-state index contributed by atoms with van der Waals surface area (Å²) in [5.41, 5.74) is 1.11. The molecule has 1 unspecified atom stereocenters. The summed E-state index contributed by atoms with van der Waals surface area (Å²) < 4.78 is 28.4. The van der Waals surface area contributed by atoms with Crippen molar-refractivity contribution in [1.82, 2.24) is 5.32 Å². The number of benzene rings is 1. The second-order valence-electron chi connectivity index (χ2n) is 5.48. The van der Waals surface area contributed by atoms with Crippen LogP contribution in [0.15, 0.2) is 29.2 Å². The Morgan fingerprint density at radius 3 is 2.40 bits per heavy atom. The highest BCUT2D eigenvalue weighted by Crippen LogP contribution is 2.26. The zero-order valence-corrected chi connectivity index (χ0v) is 13.1. The van der Waals surface area contributed by atoms with Gasteiger partial charge in [-0.2, -0.15) is 0 Å². The van der Waals surface area contributed by atoms with Gasteiger partial charge in [0, 0.05) is 24.9 Å². The number of hydrogen-bond donors (Lipinski definition) is 1. The zero-order valence-electron chi connectivity index (χ0n) is 12.3. The molecule has 5 heteroatoms. The summed E-state index contributed by atoms with van der Waals surface area (Å²) in [6.45, 7) is 4.90. The smallest absolute Gasteiger partial charge is 0.175 e. The fraction of sp³-hybridized carbons (Fsp3) is 0.600. The normalized spacial score (nSPS) is 24.1. The van der Waals surface area contributed by atoms with Crippen LogP contribution >= 0.6 is 0 Å². The van der Waals surface area contributed by atoms with Gasteiger partial charge in [-0.05, 0) is 44.4 Å². The summed E-state index contributed by atoms with van der Waals surface area (Å²) >= 11 is 0. The Morgan fingerprint density at radius 1 is 1.30 bits per heavy atom. The standard InChI is InChI=1S/C15H23NO3S/c1-4-19-14-9-13(10-14)16-11(2)12-5-7-15(8-6-12)20(3,17)18/h5-8,11,13-14,16H,4,9-10H2,1-3H3. The van der Waals surface area contributed by atoms with Gasteiger partial charge in [-0.15, -0.1) is 0 Å². The number of ether oxygens (including phenoxy) is 1. The molecule has 0 aromatic heterocycles. The zero-order chi connectivity index (χ0) is 14.8. The third kappa shape index (κ3) is 3.81. The molecule has 20 heavy (non-hydrogen) atoms. The van der Waals surface area contributed by atoms with Crippen LogP contribution < -0.4 is 5.32 Å². The van der Waals surface area contributed by atoms with E-state index < -0.39 is 9.84 Å². The first kappa shape index (κ1) is 15.5. The predicted molar refractivity (Wildman–Crippen MR) is 79.5 cm³/mol. The topological polar surface area (TPSA) is 55.4 Å². The average molecular weight is 297 g/mol. The molecule has 0 spiro atoms. The minimum absolute atomic E-state index is 0.219. The summed E-state index contributed by atoms with van der Waals surface area (Å²) in [5, 5.41) is 3.55. The van der Waals surface area contributed by atoms with Gasteiger partial charge >= 0.3 is 0 Å². The van der Waals surface area contributed by atoms with Crippen molar-refractivity contribution in [3.05, 3.63) is 29.8 Å². The summed E-state index contributed by atoms with van der Waals surface area (Å²) in [6.07, 6.45) is 3.74. The molecule has 0 heterocycles. The highest BCUT2D eigenvalue weighted by molar-refractivity contribution is 7.90. The van der Waals surface area contributed by atoms with Gasteiger partial charge in [0.25, 0.3) is 0 Å². The molecule has 112 valence electrons. The van der Waals surface area contributed by atoms with Crippen molar-refractivity contribution in [2.24, 2.45) is 0 Å². The first-order chi connectivity index (χ1) is 9.40. The van der Waals surface area contributed by atoms with Crippen molar-refractivity contribution in [1.29, 1.82) is 0 Å². The van der Waals surface area contributed by atoms with Gasteiger partial charge < -0.3 is 10.1 Å².